The second-order valence-electron chi connectivity index (χ2n) is 9.38. The van der Waals surface area contributed by atoms with Gasteiger partial charge in [0.05, 0.1) is 16.9 Å². The smallest absolute Gasteiger partial charge is 0.482 e. The maximum Gasteiger partial charge on any atom is 0.494 e. The molecular formula is C23H26BNO3. The highest BCUT2D eigenvalue weighted by molar-refractivity contribution is 6.62. The molecule has 0 unspecified atom stereocenters. The van der Waals surface area contributed by atoms with Crippen LogP contribution in [0.25, 0.3) is 22.2 Å². The highest BCUT2D eigenvalue weighted by Crippen LogP contribution is 2.47. The molecule has 5 heteroatoms. The highest BCUT2D eigenvalue weighted by Gasteiger charge is 2.52. The van der Waals surface area contributed by atoms with E-state index in [0.717, 1.165) is 28.0 Å². The number of para-hydroxylation sites is 1. The van der Waals surface area contributed by atoms with Crippen molar-refractivity contribution in [3.05, 3.63) is 48.0 Å². The molecule has 2 aromatic carbocycles. The van der Waals surface area contributed by atoms with E-state index < -0.39 is 12.7 Å². The van der Waals surface area contributed by atoms with Crippen molar-refractivity contribution in [3.8, 4) is 17.0 Å². The van der Waals surface area contributed by atoms with Gasteiger partial charge in [0.2, 0.25) is 0 Å². The molecular weight excluding hydrogens is 349 g/mol. The van der Waals surface area contributed by atoms with Crippen molar-refractivity contribution in [1.82, 2.24) is 4.98 Å². The van der Waals surface area contributed by atoms with E-state index in [1.807, 2.05) is 12.1 Å². The van der Waals surface area contributed by atoms with Gasteiger partial charge in [0.1, 0.15) is 11.4 Å². The van der Waals surface area contributed by atoms with Gasteiger partial charge in [-0.05, 0) is 65.2 Å². The minimum Gasteiger partial charge on any atom is -0.482 e. The molecule has 2 aliphatic heterocycles. The van der Waals surface area contributed by atoms with E-state index >= 15 is 0 Å². The van der Waals surface area contributed by atoms with Gasteiger partial charge in [0.15, 0.2) is 0 Å². The molecule has 0 amide bonds. The van der Waals surface area contributed by atoms with Crippen molar-refractivity contribution >= 4 is 23.5 Å². The van der Waals surface area contributed by atoms with Crippen LogP contribution in [0.4, 0.5) is 0 Å². The normalized spacial score (nSPS) is 21.3. The van der Waals surface area contributed by atoms with Gasteiger partial charge in [-0.1, -0.05) is 24.3 Å². The van der Waals surface area contributed by atoms with Gasteiger partial charge >= 0.3 is 7.12 Å². The second kappa shape index (κ2) is 5.43. The number of nitrogens with one attached hydrogen (secondary N) is 1. The van der Waals surface area contributed by atoms with Gasteiger partial charge in [-0.25, -0.2) is 0 Å². The average molecular weight is 375 g/mol. The third-order valence-corrected chi connectivity index (χ3v) is 6.47. The van der Waals surface area contributed by atoms with Crippen LogP contribution in [-0.2, 0) is 14.9 Å². The summed E-state index contributed by atoms with van der Waals surface area (Å²) < 4.78 is 18.9. The number of hydrogen-bond acceptors (Lipinski definition) is 3. The Kier molecular flexibility index (Phi) is 3.46. The summed E-state index contributed by atoms with van der Waals surface area (Å²) in [7, 11) is -0.391. The number of ether oxygens (including phenoxy) is 1. The number of aromatic amines is 1. The molecule has 0 aliphatic carbocycles. The zero-order chi connectivity index (χ0) is 19.9. The summed E-state index contributed by atoms with van der Waals surface area (Å²) in [4.78, 5) is 3.62. The van der Waals surface area contributed by atoms with Gasteiger partial charge in [0.25, 0.3) is 0 Å². The maximum absolute atomic E-state index is 6.41. The summed E-state index contributed by atoms with van der Waals surface area (Å²) in [6.07, 6.45) is 0. The van der Waals surface area contributed by atoms with Crippen molar-refractivity contribution in [2.75, 3.05) is 0 Å². The van der Waals surface area contributed by atoms with Crippen LogP contribution in [-0.4, -0.2) is 23.3 Å². The standard InChI is InChI=1S/C23H26BNO3/c1-21(2)19-15-9-7-8-10-17(15)25-20(19)16-13-14(11-12-18(16)26-21)24-27-22(3,4)23(5,6)28-24/h7-13,25H,1-6H3. The SMILES string of the molecule is CC1(C)Oc2ccc(B3OC(C)(C)C(C)(C)O3)cc2-c2[nH]c3ccccc3c21. The number of benzene rings is 2. The first-order chi connectivity index (χ1) is 13.1. The molecule has 0 bridgehead atoms. The Hall–Kier alpha value is -2.24. The Bertz CT molecular complexity index is 1080. The highest BCUT2D eigenvalue weighted by atomic mass is 16.7. The average Bonchev–Trinajstić information content (AvgIpc) is 3.10. The van der Waals surface area contributed by atoms with Gasteiger partial charge in [0, 0.05) is 22.0 Å². The van der Waals surface area contributed by atoms with Gasteiger partial charge in [-0.15, -0.1) is 0 Å². The first kappa shape index (κ1) is 17.8. The predicted molar refractivity (Wildman–Crippen MR) is 113 cm³/mol. The molecule has 0 atom stereocenters. The molecule has 3 aromatic rings. The molecule has 4 nitrogen and oxygen atoms in total. The zero-order valence-electron chi connectivity index (χ0n) is 17.3. The Balaban J connectivity index is 1.66. The number of H-pyrrole nitrogens is 1. The Morgan fingerprint density at radius 3 is 2.25 bits per heavy atom. The molecule has 5 rings (SSSR count). The van der Waals surface area contributed by atoms with E-state index in [9.17, 15) is 0 Å². The maximum atomic E-state index is 6.41. The van der Waals surface area contributed by atoms with Crippen molar-refractivity contribution < 1.29 is 14.0 Å². The molecule has 1 saturated heterocycles. The lowest BCUT2D eigenvalue weighted by Gasteiger charge is -2.33. The molecule has 1 aromatic heterocycles. The lowest BCUT2D eigenvalue weighted by molar-refractivity contribution is 0.00578. The largest absolute Gasteiger partial charge is 0.494 e. The van der Waals surface area contributed by atoms with Crippen LogP contribution in [0.3, 0.4) is 0 Å². The first-order valence-electron chi connectivity index (χ1n) is 9.89. The van der Waals surface area contributed by atoms with Gasteiger partial charge in [-0.3, -0.25) is 0 Å². The third-order valence-electron chi connectivity index (χ3n) is 6.47. The molecule has 144 valence electrons. The summed E-state index contributed by atoms with van der Waals surface area (Å²) in [6.45, 7) is 12.5. The molecule has 3 heterocycles. The number of fused-ring (bicyclic) bond motifs is 5. The van der Waals surface area contributed by atoms with E-state index in [1.165, 1.54) is 10.9 Å². The van der Waals surface area contributed by atoms with Crippen molar-refractivity contribution in [2.45, 2.75) is 58.3 Å². The summed E-state index contributed by atoms with van der Waals surface area (Å²) in [5.74, 6) is 0.879. The van der Waals surface area contributed by atoms with E-state index in [4.69, 9.17) is 14.0 Å². The van der Waals surface area contributed by atoms with Crippen LogP contribution in [0.5, 0.6) is 5.75 Å². The summed E-state index contributed by atoms with van der Waals surface area (Å²) in [5.41, 5.74) is 4.36. The minimum absolute atomic E-state index is 0.363. The molecule has 0 saturated carbocycles. The Labute approximate surface area is 166 Å². The van der Waals surface area contributed by atoms with Crippen molar-refractivity contribution in [2.24, 2.45) is 0 Å². The van der Waals surface area contributed by atoms with E-state index in [1.54, 1.807) is 0 Å². The number of rotatable bonds is 1. The molecule has 1 N–H and O–H groups in total. The van der Waals surface area contributed by atoms with Crippen LogP contribution in [0.1, 0.15) is 47.1 Å². The van der Waals surface area contributed by atoms with Crippen LogP contribution < -0.4 is 10.2 Å². The number of aromatic nitrogens is 1. The topological polar surface area (TPSA) is 43.5 Å². The molecule has 28 heavy (non-hydrogen) atoms. The summed E-state index contributed by atoms with van der Waals surface area (Å²) in [5, 5.41) is 1.20. The van der Waals surface area contributed by atoms with Crippen LogP contribution in [0.2, 0.25) is 0 Å². The summed E-state index contributed by atoms with van der Waals surface area (Å²) in [6, 6.07) is 14.6. The zero-order valence-corrected chi connectivity index (χ0v) is 17.3. The fourth-order valence-electron chi connectivity index (χ4n) is 4.25. The first-order valence-corrected chi connectivity index (χ1v) is 9.89. The Morgan fingerprint density at radius 2 is 1.54 bits per heavy atom. The van der Waals surface area contributed by atoms with Crippen molar-refractivity contribution in [1.29, 1.82) is 0 Å². The predicted octanol–water partition coefficient (Wildman–Crippen LogP) is 4.76. The fraction of sp³-hybridized carbons (Fsp3) is 0.391. The molecule has 0 radical (unpaired) electrons. The molecule has 0 spiro atoms. The summed E-state index contributed by atoms with van der Waals surface area (Å²) >= 11 is 0. The van der Waals surface area contributed by atoms with Crippen LogP contribution in [0.15, 0.2) is 42.5 Å². The molecule has 1 fully saturated rings. The van der Waals surface area contributed by atoms with Crippen LogP contribution in [0, 0.1) is 0 Å². The quantitative estimate of drug-likeness (QED) is 0.624. The van der Waals surface area contributed by atoms with Gasteiger partial charge < -0.3 is 19.0 Å². The van der Waals surface area contributed by atoms with Gasteiger partial charge in [-0.2, -0.15) is 0 Å². The third kappa shape index (κ3) is 2.39. The lowest BCUT2D eigenvalue weighted by Crippen LogP contribution is -2.41. The second-order valence-corrected chi connectivity index (χ2v) is 9.38. The van der Waals surface area contributed by atoms with E-state index in [0.29, 0.717) is 0 Å². The Morgan fingerprint density at radius 1 is 0.857 bits per heavy atom. The van der Waals surface area contributed by atoms with Crippen molar-refractivity contribution in [3.63, 3.8) is 0 Å². The monoisotopic (exact) mass is 375 g/mol. The fourth-order valence-corrected chi connectivity index (χ4v) is 4.25. The van der Waals surface area contributed by atoms with Crippen LogP contribution >= 0.6 is 0 Å². The lowest BCUT2D eigenvalue weighted by atomic mass is 9.77. The molecule has 2 aliphatic rings. The van der Waals surface area contributed by atoms with E-state index in [2.05, 4.69) is 76.9 Å². The minimum atomic E-state index is -0.409. The number of hydrogen-bond donors (Lipinski definition) is 1. The van der Waals surface area contributed by atoms with E-state index in [-0.39, 0.29) is 11.2 Å².